The number of rotatable bonds is 6. The van der Waals surface area contributed by atoms with Crippen LogP contribution in [-0.4, -0.2) is 25.2 Å². The smallest absolute Gasteiger partial charge is 0.126 e. The van der Waals surface area contributed by atoms with Crippen LogP contribution in [0.5, 0.6) is 0 Å². The zero-order chi connectivity index (χ0) is 13.7. The Kier molecular flexibility index (Phi) is 4.95. The molecule has 19 heavy (non-hydrogen) atoms. The van der Waals surface area contributed by atoms with Gasteiger partial charge in [-0.1, -0.05) is 0 Å². The third kappa shape index (κ3) is 4.05. The highest BCUT2D eigenvalue weighted by atomic mass is 32.1. The number of benzene rings is 1. The first-order valence-electron chi connectivity index (χ1n) is 5.79. The second-order valence-electron chi connectivity index (χ2n) is 3.95. The summed E-state index contributed by atoms with van der Waals surface area (Å²) < 4.78 is 31.2. The van der Waals surface area contributed by atoms with E-state index in [4.69, 9.17) is 4.74 Å². The Morgan fingerprint density at radius 1 is 1.26 bits per heavy atom. The number of aromatic nitrogens is 1. The van der Waals surface area contributed by atoms with Crippen molar-refractivity contribution in [2.24, 2.45) is 0 Å². The topological polar surface area (TPSA) is 34.1 Å². The van der Waals surface area contributed by atoms with Crippen molar-refractivity contribution in [1.29, 1.82) is 0 Å². The summed E-state index contributed by atoms with van der Waals surface area (Å²) in [5.41, 5.74) is 1.05. The number of nitrogens with zero attached hydrogens (tertiary/aromatic N) is 1. The molecule has 0 aliphatic carbocycles. The van der Waals surface area contributed by atoms with E-state index < -0.39 is 11.6 Å². The molecule has 0 spiro atoms. The fraction of sp³-hybridized carbons (Fsp3) is 0.308. The summed E-state index contributed by atoms with van der Waals surface area (Å²) in [7, 11) is 1.64. The minimum Gasteiger partial charge on any atom is -0.383 e. The van der Waals surface area contributed by atoms with Crippen molar-refractivity contribution < 1.29 is 13.5 Å². The molecule has 1 aromatic carbocycles. The molecule has 0 amide bonds. The minimum absolute atomic E-state index is 0.455. The number of methoxy groups -OCH3 is 1. The van der Waals surface area contributed by atoms with Gasteiger partial charge >= 0.3 is 0 Å². The van der Waals surface area contributed by atoms with Gasteiger partial charge in [0.25, 0.3) is 0 Å². The molecule has 102 valence electrons. The van der Waals surface area contributed by atoms with Gasteiger partial charge in [0.1, 0.15) is 16.6 Å². The summed E-state index contributed by atoms with van der Waals surface area (Å²) >= 11 is 1.45. The van der Waals surface area contributed by atoms with Gasteiger partial charge in [-0.15, -0.1) is 11.3 Å². The summed E-state index contributed by atoms with van der Waals surface area (Å²) in [6, 6.07) is 3.41. The predicted molar refractivity (Wildman–Crippen MR) is 71.0 cm³/mol. The van der Waals surface area contributed by atoms with Crippen molar-refractivity contribution in [3.05, 3.63) is 40.2 Å². The SMILES string of the molecule is COCCNCc1nc(-c2cc(F)cc(F)c2)cs1. The number of halogens is 2. The van der Waals surface area contributed by atoms with E-state index in [1.165, 1.54) is 23.5 Å². The maximum absolute atomic E-state index is 13.1. The average Bonchev–Trinajstić information content (AvgIpc) is 2.82. The van der Waals surface area contributed by atoms with Crippen LogP contribution in [-0.2, 0) is 11.3 Å². The van der Waals surface area contributed by atoms with E-state index in [0.717, 1.165) is 17.6 Å². The summed E-state index contributed by atoms with van der Waals surface area (Å²) in [6.07, 6.45) is 0. The molecule has 0 unspecified atom stereocenters. The number of hydrogen-bond donors (Lipinski definition) is 1. The van der Waals surface area contributed by atoms with Gasteiger partial charge in [0, 0.05) is 37.2 Å². The van der Waals surface area contributed by atoms with Crippen LogP contribution in [0.2, 0.25) is 0 Å². The van der Waals surface area contributed by atoms with E-state index in [9.17, 15) is 8.78 Å². The molecule has 0 aliphatic rings. The molecule has 2 aromatic rings. The molecule has 0 saturated heterocycles. The Labute approximate surface area is 114 Å². The molecular formula is C13H14F2N2OS. The van der Waals surface area contributed by atoms with Gasteiger partial charge in [-0.3, -0.25) is 0 Å². The highest BCUT2D eigenvalue weighted by Gasteiger charge is 2.07. The Balaban J connectivity index is 2.03. The quantitative estimate of drug-likeness (QED) is 0.828. The van der Waals surface area contributed by atoms with E-state index in [0.29, 0.717) is 24.4 Å². The molecule has 1 N–H and O–H groups in total. The molecule has 2 rings (SSSR count). The minimum atomic E-state index is -0.595. The summed E-state index contributed by atoms with van der Waals surface area (Å²) in [5, 5.41) is 5.83. The van der Waals surface area contributed by atoms with Gasteiger partial charge in [0.05, 0.1) is 12.3 Å². The van der Waals surface area contributed by atoms with Crippen LogP contribution in [0.3, 0.4) is 0 Å². The lowest BCUT2D eigenvalue weighted by molar-refractivity contribution is 0.199. The molecule has 3 nitrogen and oxygen atoms in total. The molecule has 0 atom stereocenters. The maximum atomic E-state index is 13.1. The van der Waals surface area contributed by atoms with Gasteiger partial charge in [0.15, 0.2) is 0 Å². The summed E-state index contributed by atoms with van der Waals surface area (Å²) in [6.45, 7) is 1.99. The van der Waals surface area contributed by atoms with Crippen molar-refractivity contribution in [3.8, 4) is 11.3 Å². The monoisotopic (exact) mass is 284 g/mol. The second kappa shape index (κ2) is 6.70. The van der Waals surface area contributed by atoms with Crippen molar-refractivity contribution in [2.75, 3.05) is 20.3 Å². The van der Waals surface area contributed by atoms with Crippen molar-refractivity contribution in [2.45, 2.75) is 6.54 Å². The molecular weight excluding hydrogens is 270 g/mol. The van der Waals surface area contributed by atoms with Crippen molar-refractivity contribution in [3.63, 3.8) is 0 Å². The molecule has 1 aromatic heterocycles. The van der Waals surface area contributed by atoms with Gasteiger partial charge in [0.2, 0.25) is 0 Å². The first-order valence-corrected chi connectivity index (χ1v) is 6.67. The number of hydrogen-bond acceptors (Lipinski definition) is 4. The largest absolute Gasteiger partial charge is 0.383 e. The number of ether oxygens (including phenoxy) is 1. The molecule has 0 bridgehead atoms. The van der Waals surface area contributed by atoms with E-state index in [-0.39, 0.29) is 0 Å². The first kappa shape index (κ1) is 14.0. The first-order chi connectivity index (χ1) is 9.19. The third-order valence-corrected chi connectivity index (χ3v) is 3.32. The Hall–Kier alpha value is -1.37. The third-order valence-electron chi connectivity index (χ3n) is 2.47. The predicted octanol–water partition coefficient (Wildman–Crippen LogP) is 2.82. The molecule has 6 heteroatoms. The lowest BCUT2D eigenvalue weighted by atomic mass is 10.1. The zero-order valence-corrected chi connectivity index (χ0v) is 11.3. The molecule has 0 radical (unpaired) electrons. The van der Waals surface area contributed by atoms with Crippen molar-refractivity contribution in [1.82, 2.24) is 10.3 Å². The molecule has 0 fully saturated rings. The molecule has 0 aliphatic heterocycles. The van der Waals surface area contributed by atoms with Gasteiger partial charge in [-0.05, 0) is 12.1 Å². The van der Waals surface area contributed by atoms with Gasteiger partial charge < -0.3 is 10.1 Å². The van der Waals surface area contributed by atoms with Crippen LogP contribution < -0.4 is 5.32 Å². The maximum Gasteiger partial charge on any atom is 0.126 e. The average molecular weight is 284 g/mol. The lowest BCUT2D eigenvalue weighted by Gasteiger charge is -2.00. The van der Waals surface area contributed by atoms with Crippen LogP contribution in [0.1, 0.15) is 5.01 Å². The fourth-order valence-corrected chi connectivity index (χ4v) is 2.37. The summed E-state index contributed by atoms with van der Waals surface area (Å²) in [5.74, 6) is -1.19. The standard InChI is InChI=1S/C13H14F2N2OS/c1-18-3-2-16-7-13-17-12(8-19-13)9-4-10(14)6-11(15)5-9/h4-6,8,16H,2-3,7H2,1H3. The van der Waals surface area contributed by atoms with Crippen LogP contribution in [0.15, 0.2) is 23.6 Å². The highest BCUT2D eigenvalue weighted by molar-refractivity contribution is 7.09. The van der Waals surface area contributed by atoms with Crippen LogP contribution in [0.25, 0.3) is 11.3 Å². The van der Waals surface area contributed by atoms with Crippen LogP contribution in [0.4, 0.5) is 8.78 Å². The van der Waals surface area contributed by atoms with E-state index in [1.807, 2.05) is 0 Å². The van der Waals surface area contributed by atoms with E-state index in [2.05, 4.69) is 10.3 Å². The Morgan fingerprint density at radius 3 is 2.68 bits per heavy atom. The number of nitrogens with one attached hydrogen (secondary N) is 1. The highest BCUT2D eigenvalue weighted by Crippen LogP contribution is 2.23. The number of thiazole rings is 1. The summed E-state index contributed by atoms with van der Waals surface area (Å²) in [4.78, 5) is 4.34. The second-order valence-corrected chi connectivity index (χ2v) is 4.90. The van der Waals surface area contributed by atoms with Crippen LogP contribution in [0, 0.1) is 11.6 Å². The zero-order valence-electron chi connectivity index (χ0n) is 10.5. The van der Waals surface area contributed by atoms with Crippen molar-refractivity contribution >= 4 is 11.3 Å². The van der Waals surface area contributed by atoms with E-state index in [1.54, 1.807) is 12.5 Å². The van der Waals surface area contributed by atoms with Crippen LogP contribution >= 0.6 is 11.3 Å². The normalized spacial score (nSPS) is 10.9. The fourth-order valence-electron chi connectivity index (χ4n) is 1.60. The lowest BCUT2D eigenvalue weighted by Crippen LogP contribution is -2.18. The van der Waals surface area contributed by atoms with Gasteiger partial charge in [-0.25, -0.2) is 13.8 Å². The Morgan fingerprint density at radius 2 is 2.00 bits per heavy atom. The Bertz CT molecular complexity index is 525. The molecule has 1 heterocycles. The van der Waals surface area contributed by atoms with Gasteiger partial charge in [-0.2, -0.15) is 0 Å². The van der Waals surface area contributed by atoms with E-state index >= 15 is 0 Å². The molecule has 0 saturated carbocycles.